The van der Waals surface area contributed by atoms with Gasteiger partial charge in [-0.1, -0.05) is 12.1 Å². The van der Waals surface area contributed by atoms with Gasteiger partial charge in [0.1, 0.15) is 30.0 Å². The van der Waals surface area contributed by atoms with Crippen LogP contribution in [-0.4, -0.2) is 67.2 Å². The zero-order chi connectivity index (χ0) is 19.1. The molecule has 0 aromatic heterocycles. The fraction of sp³-hybridized carbons (Fsp3) is 0.429. The second kappa shape index (κ2) is 9.48. The molecule has 1 aliphatic heterocycles. The summed E-state index contributed by atoms with van der Waals surface area (Å²) in [6, 6.07) is 14.8. The Morgan fingerprint density at radius 2 is 1.56 bits per heavy atom. The lowest BCUT2D eigenvalue weighted by atomic mass is 10.2. The van der Waals surface area contributed by atoms with E-state index in [0.717, 1.165) is 43.4 Å². The van der Waals surface area contributed by atoms with Gasteiger partial charge in [-0.3, -0.25) is 4.90 Å². The number of para-hydroxylation sites is 2. The lowest BCUT2D eigenvalue weighted by Gasteiger charge is -2.37. The van der Waals surface area contributed by atoms with E-state index in [-0.39, 0.29) is 6.61 Å². The van der Waals surface area contributed by atoms with Crippen LogP contribution in [0, 0.1) is 0 Å². The van der Waals surface area contributed by atoms with Crippen molar-refractivity contribution in [1.82, 2.24) is 4.90 Å². The molecule has 2 aromatic rings. The summed E-state index contributed by atoms with van der Waals surface area (Å²) < 4.78 is 11.1. The van der Waals surface area contributed by atoms with Crippen molar-refractivity contribution in [1.29, 1.82) is 0 Å². The average molecular weight is 372 g/mol. The first kappa shape index (κ1) is 19.3. The largest absolute Gasteiger partial charge is 0.506 e. The van der Waals surface area contributed by atoms with Crippen LogP contribution >= 0.6 is 0 Å². The summed E-state index contributed by atoms with van der Waals surface area (Å²) in [6.07, 6.45) is -0.548. The summed E-state index contributed by atoms with van der Waals surface area (Å²) in [5, 5.41) is 20.3. The molecule has 0 aliphatic carbocycles. The molecule has 1 unspecified atom stereocenters. The van der Waals surface area contributed by atoms with Gasteiger partial charge in [0.2, 0.25) is 0 Å². The Morgan fingerprint density at radius 3 is 2.19 bits per heavy atom. The van der Waals surface area contributed by atoms with Gasteiger partial charge in [-0.15, -0.1) is 0 Å². The Bertz CT molecular complexity index is 700. The Labute approximate surface area is 160 Å². The number of aromatic hydroxyl groups is 1. The zero-order valence-corrected chi connectivity index (χ0v) is 15.8. The quantitative estimate of drug-likeness (QED) is 0.742. The number of hydrogen-bond donors (Lipinski definition) is 2. The number of nitrogens with zero attached hydrogens (tertiary/aromatic N) is 2. The van der Waals surface area contributed by atoms with Gasteiger partial charge in [0.05, 0.1) is 12.3 Å². The van der Waals surface area contributed by atoms with Gasteiger partial charge in [0.15, 0.2) is 0 Å². The number of anilines is 1. The van der Waals surface area contributed by atoms with E-state index in [1.165, 1.54) is 0 Å². The summed E-state index contributed by atoms with van der Waals surface area (Å²) in [7, 11) is 0. The molecule has 2 aromatic carbocycles. The number of ether oxygens (including phenoxy) is 2. The Hall–Kier alpha value is -2.44. The van der Waals surface area contributed by atoms with Crippen LogP contribution in [0.15, 0.2) is 48.5 Å². The van der Waals surface area contributed by atoms with Crippen molar-refractivity contribution in [2.45, 2.75) is 13.0 Å². The fourth-order valence-corrected chi connectivity index (χ4v) is 3.24. The lowest BCUT2D eigenvalue weighted by molar-refractivity contribution is 0.0662. The first-order chi connectivity index (χ1) is 13.2. The molecule has 1 aliphatic rings. The second-order valence-electron chi connectivity index (χ2n) is 6.65. The van der Waals surface area contributed by atoms with Gasteiger partial charge in [-0.2, -0.15) is 0 Å². The molecule has 1 fully saturated rings. The molecular formula is C21H28N2O4. The van der Waals surface area contributed by atoms with Crippen molar-refractivity contribution in [2.75, 3.05) is 50.8 Å². The molecule has 6 heteroatoms. The molecule has 0 amide bonds. The smallest absolute Gasteiger partial charge is 0.138 e. The van der Waals surface area contributed by atoms with Gasteiger partial charge < -0.3 is 24.6 Å². The van der Waals surface area contributed by atoms with Crippen molar-refractivity contribution in [3.63, 3.8) is 0 Å². The minimum absolute atomic E-state index is 0.258. The van der Waals surface area contributed by atoms with Crippen molar-refractivity contribution in [3.05, 3.63) is 48.5 Å². The van der Waals surface area contributed by atoms with E-state index in [2.05, 4.69) is 9.80 Å². The number of rotatable bonds is 8. The summed E-state index contributed by atoms with van der Waals surface area (Å²) in [5.41, 5.74) is 0.872. The van der Waals surface area contributed by atoms with Crippen LogP contribution < -0.4 is 14.4 Å². The zero-order valence-electron chi connectivity index (χ0n) is 15.8. The van der Waals surface area contributed by atoms with Crippen molar-refractivity contribution >= 4 is 5.69 Å². The van der Waals surface area contributed by atoms with Crippen LogP contribution in [-0.2, 0) is 0 Å². The topological polar surface area (TPSA) is 65.4 Å². The lowest BCUT2D eigenvalue weighted by Crippen LogP contribution is -2.49. The number of phenolic OH excluding ortho intramolecular Hbond substituents is 1. The number of aliphatic hydroxyl groups excluding tert-OH is 1. The van der Waals surface area contributed by atoms with E-state index < -0.39 is 6.10 Å². The predicted molar refractivity (Wildman–Crippen MR) is 106 cm³/mol. The molecule has 1 saturated heterocycles. The fourth-order valence-electron chi connectivity index (χ4n) is 3.24. The van der Waals surface area contributed by atoms with Gasteiger partial charge >= 0.3 is 0 Å². The first-order valence-electron chi connectivity index (χ1n) is 9.44. The van der Waals surface area contributed by atoms with Gasteiger partial charge in [0, 0.05) is 32.7 Å². The SMILES string of the molecule is CCOc1ccc(OCC(O)CN2CCN(c3ccccc3O)CC2)cc1. The molecule has 146 valence electrons. The molecule has 6 nitrogen and oxygen atoms in total. The van der Waals surface area contributed by atoms with Crippen LogP contribution in [0.2, 0.25) is 0 Å². The number of hydrogen-bond acceptors (Lipinski definition) is 6. The minimum atomic E-state index is -0.548. The third-order valence-corrected chi connectivity index (χ3v) is 4.64. The van der Waals surface area contributed by atoms with E-state index in [1.807, 2.05) is 49.4 Å². The molecule has 0 saturated carbocycles. The highest BCUT2D eigenvalue weighted by molar-refractivity contribution is 5.57. The van der Waals surface area contributed by atoms with Crippen LogP contribution in [0.3, 0.4) is 0 Å². The van der Waals surface area contributed by atoms with Crippen molar-refractivity contribution in [3.8, 4) is 17.2 Å². The predicted octanol–water partition coefficient (Wildman–Crippen LogP) is 2.35. The highest BCUT2D eigenvalue weighted by atomic mass is 16.5. The molecule has 2 N–H and O–H groups in total. The Kier molecular flexibility index (Phi) is 6.79. The minimum Gasteiger partial charge on any atom is -0.506 e. The molecular weight excluding hydrogens is 344 g/mol. The third-order valence-electron chi connectivity index (χ3n) is 4.64. The highest BCUT2D eigenvalue weighted by Gasteiger charge is 2.21. The number of aliphatic hydroxyl groups is 1. The number of phenols is 1. The maximum Gasteiger partial charge on any atom is 0.138 e. The van der Waals surface area contributed by atoms with Crippen LogP contribution in [0.1, 0.15) is 6.92 Å². The molecule has 27 heavy (non-hydrogen) atoms. The second-order valence-corrected chi connectivity index (χ2v) is 6.65. The molecule has 0 bridgehead atoms. The summed E-state index contributed by atoms with van der Waals surface area (Å²) >= 11 is 0. The van der Waals surface area contributed by atoms with E-state index >= 15 is 0 Å². The van der Waals surface area contributed by atoms with Gasteiger partial charge in [0.25, 0.3) is 0 Å². The van der Waals surface area contributed by atoms with E-state index in [4.69, 9.17) is 9.47 Å². The van der Waals surface area contributed by atoms with Crippen molar-refractivity contribution in [2.24, 2.45) is 0 Å². The van der Waals surface area contributed by atoms with Crippen LogP contribution in [0.5, 0.6) is 17.2 Å². The average Bonchev–Trinajstić information content (AvgIpc) is 2.69. The Balaban J connectivity index is 1.40. The summed E-state index contributed by atoms with van der Waals surface area (Å²) in [4.78, 5) is 4.40. The first-order valence-corrected chi connectivity index (χ1v) is 9.44. The normalized spacial score (nSPS) is 16.1. The number of β-amino-alcohol motifs (C(OH)–C–C–N with tert-alkyl or cyclic N) is 1. The monoisotopic (exact) mass is 372 g/mol. The molecule has 3 rings (SSSR count). The van der Waals surface area contributed by atoms with Crippen LogP contribution in [0.4, 0.5) is 5.69 Å². The maximum atomic E-state index is 10.3. The summed E-state index contributed by atoms with van der Waals surface area (Å²) in [5.74, 6) is 1.85. The molecule has 1 atom stereocenters. The summed E-state index contributed by atoms with van der Waals surface area (Å²) in [6.45, 7) is 6.75. The van der Waals surface area contributed by atoms with Crippen molar-refractivity contribution < 1.29 is 19.7 Å². The number of piperazine rings is 1. The van der Waals surface area contributed by atoms with Gasteiger partial charge in [-0.25, -0.2) is 0 Å². The molecule has 0 spiro atoms. The maximum absolute atomic E-state index is 10.3. The third kappa shape index (κ3) is 5.52. The van der Waals surface area contributed by atoms with Crippen LogP contribution in [0.25, 0.3) is 0 Å². The van der Waals surface area contributed by atoms with E-state index in [1.54, 1.807) is 6.07 Å². The van der Waals surface area contributed by atoms with E-state index in [9.17, 15) is 10.2 Å². The van der Waals surface area contributed by atoms with E-state index in [0.29, 0.717) is 18.9 Å². The molecule has 1 heterocycles. The highest BCUT2D eigenvalue weighted by Crippen LogP contribution is 2.27. The van der Waals surface area contributed by atoms with Gasteiger partial charge in [-0.05, 0) is 43.3 Å². The molecule has 0 radical (unpaired) electrons. The number of benzene rings is 2. The standard InChI is InChI=1S/C21H28N2O4/c1-2-26-18-7-9-19(10-8-18)27-16-17(24)15-22-11-13-23(14-12-22)20-5-3-4-6-21(20)25/h3-10,17,24-25H,2,11-16H2,1H3. The Morgan fingerprint density at radius 1 is 0.926 bits per heavy atom.